The van der Waals surface area contributed by atoms with Crippen LogP contribution in [0.3, 0.4) is 0 Å². The van der Waals surface area contributed by atoms with Crippen LogP contribution in [-0.2, 0) is 39.9 Å². The van der Waals surface area contributed by atoms with Gasteiger partial charge in [0.15, 0.2) is 7.28 Å². The maximum Gasteiger partial charge on any atom is 0.193 e. The monoisotopic (exact) mass is 846 g/mol. The lowest BCUT2D eigenvalue weighted by Crippen LogP contribution is -2.39. The van der Waals surface area contributed by atoms with E-state index in [4.69, 9.17) is 0 Å². The third-order valence-electron chi connectivity index (χ3n) is 17.9. The predicted molar refractivity (Wildman–Crippen MR) is 277 cm³/mol. The van der Waals surface area contributed by atoms with Crippen molar-refractivity contribution in [1.82, 2.24) is 4.98 Å². The van der Waals surface area contributed by atoms with E-state index < -0.39 is 0 Å². The highest BCUT2D eigenvalue weighted by Crippen LogP contribution is 2.58. The van der Waals surface area contributed by atoms with E-state index in [9.17, 15) is 0 Å². The fraction of sp³-hybridized carbons (Fsp3) is 0.355. The number of benzene rings is 6. The number of aryl methyl sites for hydroxylation is 1. The van der Waals surface area contributed by atoms with Crippen LogP contribution in [0.4, 0.5) is 11.4 Å². The second-order valence-corrected chi connectivity index (χ2v) is 24.0. The van der Waals surface area contributed by atoms with Gasteiger partial charge in [0.2, 0.25) is 0 Å². The summed E-state index contributed by atoms with van der Waals surface area (Å²) in [5, 5.41) is 3.96. The van der Waals surface area contributed by atoms with Gasteiger partial charge in [0.25, 0.3) is 0 Å². The van der Waals surface area contributed by atoms with Crippen LogP contribution in [0.5, 0.6) is 0 Å². The zero-order chi connectivity index (χ0) is 44.7. The van der Waals surface area contributed by atoms with Crippen molar-refractivity contribution in [1.29, 1.82) is 0 Å². The molecule has 1 radical (unpaired) electrons. The Kier molecular flexibility index (Phi) is 7.88. The first-order valence-corrected chi connectivity index (χ1v) is 24.7. The Labute approximate surface area is 387 Å². The number of nitrogens with zero attached hydrogens (tertiary/aromatic N) is 1. The molecular weight excluding hydrogens is 784 g/mol. The smallest absolute Gasteiger partial charge is 0.193 e. The van der Waals surface area contributed by atoms with Gasteiger partial charge >= 0.3 is 0 Å². The summed E-state index contributed by atoms with van der Waals surface area (Å²) >= 11 is 0. The summed E-state index contributed by atoms with van der Waals surface area (Å²) < 4.78 is 0. The van der Waals surface area contributed by atoms with E-state index in [2.05, 4.69) is 190 Å². The van der Waals surface area contributed by atoms with Gasteiger partial charge in [-0.1, -0.05) is 147 Å². The largest absolute Gasteiger partial charge is 0.354 e. The minimum absolute atomic E-state index is 0.0795. The van der Waals surface area contributed by atoms with Crippen LogP contribution < -0.4 is 10.4 Å². The minimum atomic E-state index is -0.213. The van der Waals surface area contributed by atoms with Crippen LogP contribution in [-0.4, -0.2) is 12.3 Å². The van der Waals surface area contributed by atoms with Crippen LogP contribution in [0.1, 0.15) is 163 Å². The van der Waals surface area contributed by atoms with E-state index in [0.29, 0.717) is 0 Å². The molecule has 0 fully saturated rings. The first-order chi connectivity index (χ1) is 30.9. The first-order valence-electron chi connectivity index (χ1n) is 24.7. The maximum absolute atomic E-state index is 4.09. The molecule has 5 aliphatic carbocycles. The molecule has 0 atom stereocenters. The van der Waals surface area contributed by atoms with Gasteiger partial charge in [-0.3, -0.25) is 0 Å². The number of hydrogen-bond acceptors (Lipinski definition) is 1. The summed E-state index contributed by atoms with van der Waals surface area (Å²) in [5.74, 6) is 0. The molecule has 0 spiro atoms. The molecule has 6 aliphatic rings. The van der Waals surface area contributed by atoms with Crippen molar-refractivity contribution < 1.29 is 0 Å². The fourth-order valence-electron chi connectivity index (χ4n) is 13.7. The Hall–Kier alpha value is -5.54. The van der Waals surface area contributed by atoms with E-state index in [1.165, 1.54) is 148 Å². The van der Waals surface area contributed by atoms with Crippen molar-refractivity contribution in [3.8, 4) is 11.1 Å². The van der Waals surface area contributed by atoms with Gasteiger partial charge < -0.3 is 9.88 Å². The molecule has 1 aliphatic heterocycles. The molecule has 3 heteroatoms. The number of H-pyrrole nitrogens is 1. The molecule has 0 bridgehead atoms. The molecule has 65 heavy (non-hydrogen) atoms. The fourth-order valence-corrected chi connectivity index (χ4v) is 13.7. The quantitative estimate of drug-likeness (QED) is 0.172. The average molecular weight is 846 g/mol. The van der Waals surface area contributed by atoms with E-state index in [-0.39, 0.29) is 27.1 Å². The average Bonchev–Trinajstić information content (AvgIpc) is 3.91. The summed E-state index contributed by atoms with van der Waals surface area (Å²) in [7, 11) is 2.67. The maximum atomic E-state index is 4.09. The van der Waals surface area contributed by atoms with Gasteiger partial charge in [0.05, 0.1) is 0 Å². The van der Waals surface area contributed by atoms with Crippen LogP contribution in [0.25, 0.3) is 44.1 Å². The lowest BCUT2D eigenvalue weighted by Gasteiger charge is -2.44. The SMILES string of the molecule is CC1(C)CCC(C)(C)c2cc(N3C4=C([B]c5c3cc3c(c5C5=CCCc6c5[nH]c5cc7ccccc7cc65)Cc5ccccc5-3)C(C)(C)c3cc5c(cc34)C(C)(C)CCC5(C)C)ccc21. The standard InChI is InChI=1S/C62H62BN2/c1-58(2)24-25-59(3,4)48-31-38(22-23-46(48)58)65-52-33-42-39-19-14-13-18-37(39)29-44(42)53(41-21-15-20-40-43-28-35-16-11-12-17-36(35)30-51(43)64-55(40)41)54(52)63-57-56(65)45-32-49-50(34-47(45)62(57,9)10)61(7,8)27-26-60(49,5)6/h11-14,16-19,21-23,28,30-34,64H,15,20,24-27,29H2,1-10H3. The highest BCUT2D eigenvalue weighted by atomic mass is 15.2. The molecule has 1 N–H and O–H groups in total. The van der Waals surface area contributed by atoms with E-state index in [1.54, 1.807) is 5.56 Å². The highest BCUT2D eigenvalue weighted by molar-refractivity contribution is 6.68. The molecule has 1 aromatic heterocycles. The van der Waals surface area contributed by atoms with Gasteiger partial charge in [-0.05, 0) is 175 Å². The molecule has 0 saturated carbocycles. The second kappa shape index (κ2) is 12.9. The van der Waals surface area contributed by atoms with Crippen molar-refractivity contribution in [2.45, 2.75) is 141 Å². The minimum Gasteiger partial charge on any atom is -0.354 e. The molecule has 0 saturated heterocycles. The molecule has 2 heterocycles. The van der Waals surface area contributed by atoms with Gasteiger partial charge in [-0.25, -0.2) is 0 Å². The first kappa shape index (κ1) is 39.8. The number of nitrogens with one attached hydrogen (secondary N) is 1. The van der Waals surface area contributed by atoms with Crippen LogP contribution in [0, 0.1) is 0 Å². The molecular formula is C62H62BN2. The summed E-state index contributed by atoms with van der Waals surface area (Å²) in [4.78, 5) is 6.85. The number of hydrogen-bond donors (Lipinski definition) is 1. The number of rotatable bonds is 2. The Balaban J connectivity index is 1.12. The number of allylic oxidation sites excluding steroid dienone is 2. The molecule has 0 amide bonds. The van der Waals surface area contributed by atoms with Crippen molar-refractivity contribution >= 4 is 57.1 Å². The number of fused-ring (bicyclic) bond motifs is 12. The molecule has 0 unspecified atom stereocenters. The molecule has 2 nitrogen and oxygen atoms in total. The molecule has 7 aromatic rings. The Bertz CT molecular complexity index is 3360. The molecule has 6 aromatic carbocycles. The predicted octanol–water partition coefficient (Wildman–Crippen LogP) is 15.1. The van der Waals surface area contributed by atoms with Crippen LogP contribution in [0.15, 0.2) is 109 Å². The summed E-state index contributed by atoms with van der Waals surface area (Å²) in [6, 6.07) is 38.4. The zero-order valence-electron chi connectivity index (χ0n) is 40.3. The Morgan fingerprint density at radius 3 is 1.95 bits per heavy atom. The van der Waals surface area contributed by atoms with Gasteiger partial charge in [-0.15, -0.1) is 0 Å². The topological polar surface area (TPSA) is 19.0 Å². The lowest BCUT2D eigenvalue weighted by atomic mass is 9.51. The number of anilines is 2. The Morgan fingerprint density at radius 1 is 0.569 bits per heavy atom. The van der Waals surface area contributed by atoms with E-state index in [0.717, 1.165) is 19.3 Å². The van der Waals surface area contributed by atoms with Crippen LogP contribution in [0.2, 0.25) is 0 Å². The van der Waals surface area contributed by atoms with Crippen molar-refractivity contribution in [2.24, 2.45) is 0 Å². The molecule has 323 valence electrons. The van der Waals surface area contributed by atoms with Gasteiger partial charge in [0.1, 0.15) is 0 Å². The number of aromatic nitrogens is 1. The van der Waals surface area contributed by atoms with Gasteiger partial charge in [0, 0.05) is 50.2 Å². The summed E-state index contributed by atoms with van der Waals surface area (Å²) in [6.07, 6.45) is 10.4. The van der Waals surface area contributed by atoms with Crippen LogP contribution >= 0.6 is 0 Å². The summed E-state index contributed by atoms with van der Waals surface area (Å²) in [5.41, 5.74) is 28.4. The number of aromatic amines is 1. The van der Waals surface area contributed by atoms with E-state index in [1.807, 2.05) is 0 Å². The zero-order valence-corrected chi connectivity index (χ0v) is 40.3. The Morgan fingerprint density at radius 2 is 1.22 bits per heavy atom. The molecule has 13 rings (SSSR count). The van der Waals surface area contributed by atoms with Crippen molar-refractivity contribution in [2.75, 3.05) is 4.90 Å². The normalized spacial score (nSPS) is 20.8. The van der Waals surface area contributed by atoms with Crippen molar-refractivity contribution in [3.05, 3.63) is 170 Å². The third kappa shape index (κ3) is 5.42. The third-order valence-corrected chi connectivity index (χ3v) is 17.9. The van der Waals surface area contributed by atoms with Crippen molar-refractivity contribution in [3.63, 3.8) is 0 Å². The van der Waals surface area contributed by atoms with E-state index >= 15 is 0 Å². The van der Waals surface area contributed by atoms with Gasteiger partial charge in [-0.2, -0.15) is 0 Å². The second-order valence-electron chi connectivity index (χ2n) is 24.0. The summed E-state index contributed by atoms with van der Waals surface area (Å²) in [6.45, 7) is 24.9. The highest BCUT2D eigenvalue weighted by Gasteiger charge is 2.49. The lowest BCUT2D eigenvalue weighted by molar-refractivity contribution is 0.331.